The highest BCUT2D eigenvalue weighted by Crippen LogP contribution is 2.27. The number of carboxylic acid groups (broad SMARTS) is 1. The molecule has 0 aliphatic heterocycles. The first kappa shape index (κ1) is 12.8. The quantitative estimate of drug-likeness (QED) is 0.851. The molecule has 16 heavy (non-hydrogen) atoms. The lowest BCUT2D eigenvalue weighted by atomic mass is 10.0. The van der Waals surface area contributed by atoms with Crippen LogP contribution >= 0.6 is 11.6 Å². The van der Waals surface area contributed by atoms with Gasteiger partial charge in [-0.05, 0) is 24.5 Å². The molecule has 0 amide bonds. The van der Waals surface area contributed by atoms with E-state index in [1.165, 1.54) is 0 Å². The fraction of sp³-hybridized carbons (Fsp3) is 0.417. The predicted molar refractivity (Wildman–Crippen MR) is 66.1 cm³/mol. The van der Waals surface area contributed by atoms with Gasteiger partial charge < -0.3 is 10.4 Å². The molecule has 0 saturated heterocycles. The number of carbonyl (C=O) groups is 1. The van der Waals surface area contributed by atoms with Crippen molar-refractivity contribution in [2.75, 3.05) is 5.32 Å². The van der Waals surface area contributed by atoms with Crippen molar-refractivity contribution in [1.29, 1.82) is 0 Å². The second-order valence-corrected chi connectivity index (χ2v) is 4.54. The number of rotatable bonds is 4. The summed E-state index contributed by atoms with van der Waals surface area (Å²) in [5.74, 6) is -0.873. The third-order valence-corrected chi connectivity index (χ3v) is 2.77. The molecule has 1 aromatic rings. The molecule has 0 aliphatic carbocycles. The molecule has 0 radical (unpaired) electrons. The minimum Gasteiger partial charge on any atom is -0.480 e. The molecule has 1 rings (SSSR count). The lowest BCUT2D eigenvalue weighted by Gasteiger charge is -2.21. The zero-order valence-corrected chi connectivity index (χ0v) is 10.4. The third-order valence-electron chi connectivity index (χ3n) is 2.45. The lowest BCUT2D eigenvalue weighted by molar-refractivity contribution is -0.138. The van der Waals surface area contributed by atoms with Crippen molar-refractivity contribution < 1.29 is 9.90 Å². The van der Waals surface area contributed by atoms with Crippen LogP contribution < -0.4 is 5.32 Å². The van der Waals surface area contributed by atoms with E-state index in [0.29, 0.717) is 10.7 Å². The minimum atomic E-state index is -0.866. The second-order valence-electron chi connectivity index (χ2n) is 4.14. The van der Waals surface area contributed by atoms with E-state index in [-0.39, 0.29) is 5.92 Å². The smallest absolute Gasteiger partial charge is 0.326 e. The lowest BCUT2D eigenvalue weighted by Crippen LogP contribution is -2.34. The molecule has 4 heteroatoms. The van der Waals surface area contributed by atoms with Gasteiger partial charge >= 0.3 is 5.97 Å². The van der Waals surface area contributed by atoms with Crippen LogP contribution in [-0.2, 0) is 4.79 Å². The first-order valence-corrected chi connectivity index (χ1v) is 5.55. The van der Waals surface area contributed by atoms with Crippen molar-refractivity contribution in [2.24, 2.45) is 5.92 Å². The summed E-state index contributed by atoms with van der Waals surface area (Å²) in [6.45, 7) is 5.61. The van der Waals surface area contributed by atoms with Gasteiger partial charge in [0.05, 0.1) is 10.7 Å². The highest BCUT2D eigenvalue weighted by atomic mass is 35.5. The molecule has 1 aromatic carbocycles. The maximum absolute atomic E-state index is 11.1. The van der Waals surface area contributed by atoms with Crippen molar-refractivity contribution in [3.05, 3.63) is 28.8 Å². The van der Waals surface area contributed by atoms with Gasteiger partial charge in [0.1, 0.15) is 6.04 Å². The van der Waals surface area contributed by atoms with Gasteiger partial charge in [-0.1, -0.05) is 37.6 Å². The second kappa shape index (κ2) is 5.21. The maximum Gasteiger partial charge on any atom is 0.326 e. The van der Waals surface area contributed by atoms with Gasteiger partial charge in [0.15, 0.2) is 0 Å². The van der Waals surface area contributed by atoms with Gasteiger partial charge in [-0.25, -0.2) is 4.79 Å². The average molecular weight is 242 g/mol. The number of aliphatic carboxylic acids is 1. The van der Waals surface area contributed by atoms with Crippen molar-refractivity contribution in [3.63, 3.8) is 0 Å². The first-order chi connectivity index (χ1) is 7.43. The van der Waals surface area contributed by atoms with Gasteiger partial charge in [-0.15, -0.1) is 0 Å². The molecule has 0 saturated carbocycles. The van der Waals surface area contributed by atoms with E-state index in [2.05, 4.69) is 5.32 Å². The highest BCUT2D eigenvalue weighted by molar-refractivity contribution is 6.33. The van der Waals surface area contributed by atoms with E-state index < -0.39 is 12.0 Å². The molecule has 0 spiro atoms. The van der Waals surface area contributed by atoms with E-state index in [1.807, 2.05) is 32.9 Å². The van der Waals surface area contributed by atoms with Crippen molar-refractivity contribution in [1.82, 2.24) is 0 Å². The molecule has 0 heterocycles. The van der Waals surface area contributed by atoms with Crippen molar-refractivity contribution in [3.8, 4) is 0 Å². The zero-order valence-electron chi connectivity index (χ0n) is 9.62. The molecular weight excluding hydrogens is 226 g/mol. The summed E-state index contributed by atoms with van der Waals surface area (Å²) >= 11 is 6.03. The number of hydrogen-bond donors (Lipinski definition) is 2. The molecule has 2 N–H and O–H groups in total. The van der Waals surface area contributed by atoms with E-state index in [9.17, 15) is 4.79 Å². The number of halogens is 1. The molecular formula is C12H16ClNO2. The van der Waals surface area contributed by atoms with Crippen molar-refractivity contribution >= 4 is 23.3 Å². The summed E-state index contributed by atoms with van der Waals surface area (Å²) in [4.78, 5) is 11.1. The Balaban J connectivity index is 2.98. The monoisotopic (exact) mass is 241 g/mol. The highest BCUT2D eigenvalue weighted by Gasteiger charge is 2.22. The zero-order chi connectivity index (χ0) is 12.3. The fourth-order valence-corrected chi connectivity index (χ4v) is 1.76. The topological polar surface area (TPSA) is 49.3 Å². The summed E-state index contributed by atoms with van der Waals surface area (Å²) in [5.41, 5.74) is 1.64. The Hall–Kier alpha value is -1.22. The summed E-state index contributed by atoms with van der Waals surface area (Å²) in [5, 5.41) is 12.6. The third kappa shape index (κ3) is 2.89. The molecule has 0 aliphatic rings. The SMILES string of the molecule is Cc1cccc(Cl)c1N[C@H](C(=O)O)C(C)C. The van der Waals surface area contributed by atoms with Crippen LogP contribution in [0.3, 0.4) is 0 Å². The minimum absolute atomic E-state index is 0.00632. The fourth-order valence-electron chi connectivity index (χ4n) is 1.48. The normalized spacial score (nSPS) is 12.6. The van der Waals surface area contributed by atoms with Gasteiger partial charge in [0.2, 0.25) is 0 Å². The first-order valence-electron chi connectivity index (χ1n) is 5.18. The number of para-hydroxylation sites is 1. The van der Waals surface area contributed by atoms with E-state index in [4.69, 9.17) is 16.7 Å². The van der Waals surface area contributed by atoms with Gasteiger partial charge in [-0.2, -0.15) is 0 Å². The number of nitrogens with one attached hydrogen (secondary N) is 1. The number of hydrogen-bond acceptors (Lipinski definition) is 2. The number of anilines is 1. The average Bonchev–Trinajstić information content (AvgIpc) is 2.15. The summed E-state index contributed by atoms with van der Waals surface area (Å²) in [6, 6.07) is 4.86. The molecule has 88 valence electrons. The van der Waals surface area contributed by atoms with Crippen LogP contribution in [0.25, 0.3) is 0 Å². The van der Waals surface area contributed by atoms with Crippen LogP contribution in [-0.4, -0.2) is 17.1 Å². The molecule has 3 nitrogen and oxygen atoms in total. The number of aryl methyl sites for hydroxylation is 1. The van der Waals surface area contributed by atoms with Crippen LogP contribution in [0.5, 0.6) is 0 Å². The molecule has 1 atom stereocenters. The van der Waals surface area contributed by atoms with Crippen LogP contribution in [0.4, 0.5) is 5.69 Å². The summed E-state index contributed by atoms with van der Waals surface area (Å²) in [6.07, 6.45) is 0. The molecule has 0 fully saturated rings. The van der Waals surface area contributed by atoms with Gasteiger partial charge in [0.25, 0.3) is 0 Å². The Morgan fingerprint density at radius 3 is 2.50 bits per heavy atom. The molecule has 0 unspecified atom stereocenters. The predicted octanol–water partition coefficient (Wildman–Crippen LogP) is 3.17. The Labute approximate surface area is 100 Å². The summed E-state index contributed by atoms with van der Waals surface area (Å²) < 4.78 is 0. The summed E-state index contributed by atoms with van der Waals surface area (Å²) in [7, 11) is 0. The Morgan fingerprint density at radius 2 is 2.06 bits per heavy atom. The van der Waals surface area contributed by atoms with Gasteiger partial charge in [0, 0.05) is 0 Å². The van der Waals surface area contributed by atoms with E-state index in [1.54, 1.807) is 6.07 Å². The van der Waals surface area contributed by atoms with E-state index >= 15 is 0 Å². The largest absolute Gasteiger partial charge is 0.480 e. The number of benzene rings is 1. The molecule has 0 bridgehead atoms. The Morgan fingerprint density at radius 1 is 1.44 bits per heavy atom. The van der Waals surface area contributed by atoms with Crippen LogP contribution in [0.15, 0.2) is 18.2 Å². The number of carboxylic acids is 1. The maximum atomic E-state index is 11.1. The van der Waals surface area contributed by atoms with E-state index in [0.717, 1.165) is 5.56 Å². The van der Waals surface area contributed by atoms with Crippen LogP contribution in [0, 0.1) is 12.8 Å². The Kier molecular flexibility index (Phi) is 4.19. The standard InChI is InChI=1S/C12H16ClNO2/c1-7(2)10(12(15)16)14-11-8(3)5-4-6-9(11)13/h4-7,10,14H,1-3H3,(H,15,16)/t10-/m0/s1. The van der Waals surface area contributed by atoms with Crippen LogP contribution in [0.2, 0.25) is 5.02 Å². The van der Waals surface area contributed by atoms with Crippen molar-refractivity contribution in [2.45, 2.75) is 26.8 Å². The Bertz CT molecular complexity index is 370. The van der Waals surface area contributed by atoms with Gasteiger partial charge in [-0.3, -0.25) is 0 Å². The molecule has 0 aromatic heterocycles. The van der Waals surface area contributed by atoms with Crippen LogP contribution in [0.1, 0.15) is 19.4 Å².